The minimum absolute atomic E-state index is 0.369. The molecule has 6 heteroatoms. The van der Waals surface area contributed by atoms with Crippen molar-refractivity contribution in [3.63, 3.8) is 0 Å². The molecule has 1 aliphatic heterocycles. The van der Waals surface area contributed by atoms with Crippen LogP contribution in [0.15, 0.2) is 0 Å². The Labute approximate surface area is 127 Å². The van der Waals surface area contributed by atoms with Crippen LogP contribution in [0.25, 0.3) is 0 Å². The van der Waals surface area contributed by atoms with Gasteiger partial charge < -0.3 is 10.6 Å². The van der Waals surface area contributed by atoms with Gasteiger partial charge in [0.2, 0.25) is 0 Å². The van der Waals surface area contributed by atoms with E-state index in [9.17, 15) is 17.6 Å². The molecular weight excluding hydrogens is 296 g/mol. The van der Waals surface area contributed by atoms with Crippen molar-refractivity contribution in [2.24, 2.45) is 5.73 Å². The molecule has 22 heavy (non-hydrogen) atoms. The van der Waals surface area contributed by atoms with Crippen LogP contribution in [-0.2, 0) is 0 Å². The lowest BCUT2D eigenvalue weighted by atomic mass is 10.0. The van der Waals surface area contributed by atoms with E-state index in [2.05, 4.69) is 11.8 Å². The first kappa shape index (κ1) is 16.6. The number of benzene rings is 1. The Morgan fingerprint density at radius 3 is 1.86 bits per heavy atom. The van der Waals surface area contributed by atoms with Gasteiger partial charge in [0.25, 0.3) is 0 Å². The second-order valence-electron chi connectivity index (χ2n) is 6.00. The van der Waals surface area contributed by atoms with E-state index in [1.807, 2.05) is 0 Å². The Morgan fingerprint density at radius 2 is 1.41 bits per heavy atom. The van der Waals surface area contributed by atoms with Gasteiger partial charge in [0.05, 0.1) is 5.54 Å². The molecule has 2 rings (SSSR count). The molecule has 0 spiro atoms. The van der Waals surface area contributed by atoms with Gasteiger partial charge in [0, 0.05) is 13.1 Å². The van der Waals surface area contributed by atoms with Gasteiger partial charge in [-0.25, -0.2) is 17.6 Å². The Bertz CT molecular complexity index is 603. The van der Waals surface area contributed by atoms with E-state index >= 15 is 0 Å². The highest BCUT2D eigenvalue weighted by Gasteiger charge is 2.28. The van der Waals surface area contributed by atoms with Crippen molar-refractivity contribution >= 4 is 5.69 Å². The highest BCUT2D eigenvalue weighted by molar-refractivity contribution is 5.55. The zero-order valence-corrected chi connectivity index (χ0v) is 12.6. The predicted molar refractivity (Wildman–Crippen MR) is 77.5 cm³/mol. The van der Waals surface area contributed by atoms with Gasteiger partial charge >= 0.3 is 0 Å². The molecule has 0 aliphatic carbocycles. The van der Waals surface area contributed by atoms with Crippen LogP contribution in [0.4, 0.5) is 23.2 Å². The average Bonchev–Trinajstić information content (AvgIpc) is 2.45. The quantitative estimate of drug-likeness (QED) is 0.489. The molecule has 120 valence electrons. The molecule has 1 aromatic rings. The molecule has 0 amide bonds. The minimum atomic E-state index is -1.48. The largest absolute Gasteiger partial charge is 0.367 e. The van der Waals surface area contributed by atoms with Crippen LogP contribution in [0.5, 0.6) is 0 Å². The summed E-state index contributed by atoms with van der Waals surface area (Å²) in [6.45, 7) is 3.77. The van der Waals surface area contributed by atoms with Crippen molar-refractivity contribution in [2.45, 2.75) is 38.6 Å². The molecule has 0 unspecified atom stereocenters. The van der Waals surface area contributed by atoms with Crippen LogP contribution < -0.4 is 10.6 Å². The number of hydrogen-bond donors (Lipinski definition) is 1. The molecule has 1 saturated heterocycles. The number of halogens is 4. The predicted octanol–water partition coefficient (Wildman–Crippen LogP) is 3.32. The van der Waals surface area contributed by atoms with E-state index in [0.717, 1.165) is 19.3 Å². The molecule has 1 aliphatic rings. The average molecular weight is 314 g/mol. The van der Waals surface area contributed by atoms with E-state index in [4.69, 9.17) is 5.73 Å². The van der Waals surface area contributed by atoms with Gasteiger partial charge in [0.15, 0.2) is 23.3 Å². The van der Waals surface area contributed by atoms with Crippen LogP contribution in [0.2, 0.25) is 0 Å². The zero-order valence-electron chi connectivity index (χ0n) is 12.6. The second kappa shape index (κ2) is 6.17. The highest BCUT2D eigenvalue weighted by Crippen LogP contribution is 2.32. The Morgan fingerprint density at radius 1 is 0.909 bits per heavy atom. The molecular formula is C16H18F4N2. The molecule has 0 aromatic heterocycles. The maximum Gasteiger partial charge on any atom is 0.186 e. The van der Waals surface area contributed by atoms with E-state index in [1.165, 1.54) is 18.7 Å². The van der Waals surface area contributed by atoms with Crippen molar-refractivity contribution in [2.75, 3.05) is 18.0 Å². The third-order valence-corrected chi connectivity index (χ3v) is 3.42. The van der Waals surface area contributed by atoms with Crippen molar-refractivity contribution in [1.82, 2.24) is 0 Å². The van der Waals surface area contributed by atoms with Gasteiger partial charge in [-0.1, -0.05) is 11.8 Å². The maximum atomic E-state index is 14.2. The lowest BCUT2D eigenvalue weighted by molar-refractivity contribution is 0.441. The highest BCUT2D eigenvalue weighted by atomic mass is 19.2. The van der Waals surface area contributed by atoms with Crippen molar-refractivity contribution in [1.29, 1.82) is 0 Å². The number of piperidine rings is 1. The first-order valence-electron chi connectivity index (χ1n) is 7.15. The summed E-state index contributed by atoms with van der Waals surface area (Å²) >= 11 is 0. The second-order valence-corrected chi connectivity index (χ2v) is 6.00. The molecule has 1 fully saturated rings. The molecule has 1 heterocycles. The fourth-order valence-corrected chi connectivity index (χ4v) is 2.35. The lowest BCUT2D eigenvalue weighted by Gasteiger charge is -2.29. The number of rotatable bonds is 1. The van der Waals surface area contributed by atoms with Crippen molar-refractivity contribution in [3.05, 3.63) is 28.8 Å². The van der Waals surface area contributed by atoms with Crippen LogP contribution in [0.1, 0.15) is 38.7 Å². The summed E-state index contributed by atoms with van der Waals surface area (Å²) < 4.78 is 56.5. The molecule has 0 radical (unpaired) electrons. The first-order valence-corrected chi connectivity index (χ1v) is 7.15. The topological polar surface area (TPSA) is 29.3 Å². The summed E-state index contributed by atoms with van der Waals surface area (Å²) in [7, 11) is 0. The third-order valence-electron chi connectivity index (χ3n) is 3.42. The molecule has 1 aromatic carbocycles. The summed E-state index contributed by atoms with van der Waals surface area (Å²) in [4.78, 5) is 1.34. The number of hydrogen-bond acceptors (Lipinski definition) is 2. The van der Waals surface area contributed by atoms with Crippen LogP contribution in [-0.4, -0.2) is 18.6 Å². The smallest absolute Gasteiger partial charge is 0.186 e. The summed E-state index contributed by atoms with van der Waals surface area (Å²) in [6.07, 6.45) is 2.38. The fourth-order valence-electron chi connectivity index (χ4n) is 2.35. The standard InChI is InChI=1S/C16H18F4N2/c1-16(2,21)7-6-10-11(17)13(19)15(14(20)12(10)18)22-8-4-3-5-9-22/h3-5,8-9,21H2,1-2H3. The van der Waals surface area contributed by atoms with E-state index in [0.29, 0.717) is 13.1 Å². The molecule has 0 atom stereocenters. The molecule has 0 bridgehead atoms. The van der Waals surface area contributed by atoms with E-state index in [-0.39, 0.29) is 0 Å². The molecule has 2 nitrogen and oxygen atoms in total. The minimum Gasteiger partial charge on any atom is -0.367 e. The first-order chi connectivity index (χ1) is 10.2. The number of nitrogens with two attached hydrogens (primary N) is 1. The Kier molecular flexibility index (Phi) is 4.66. The van der Waals surface area contributed by atoms with E-state index < -0.39 is 40.1 Å². The Hall–Kier alpha value is -1.74. The van der Waals surface area contributed by atoms with Gasteiger partial charge in [-0.3, -0.25) is 0 Å². The van der Waals surface area contributed by atoms with Crippen molar-refractivity contribution < 1.29 is 17.6 Å². The van der Waals surface area contributed by atoms with Crippen LogP contribution >= 0.6 is 0 Å². The summed E-state index contributed by atoms with van der Waals surface area (Å²) in [5.41, 5.74) is 2.99. The van der Waals surface area contributed by atoms with Crippen LogP contribution in [0.3, 0.4) is 0 Å². The van der Waals surface area contributed by atoms with Gasteiger partial charge in [0.1, 0.15) is 11.3 Å². The summed E-state index contributed by atoms with van der Waals surface area (Å²) in [6, 6.07) is 0. The van der Waals surface area contributed by atoms with Gasteiger partial charge in [-0.15, -0.1) is 0 Å². The van der Waals surface area contributed by atoms with Crippen LogP contribution in [0, 0.1) is 35.1 Å². The lowest BCUT2D eigenvalue weighted by Crippen LogP contribution is -2.32. The Balaban J connectivity index is 2.54. The van der Waals surface area contributed by atoms with Crippen molar-refractivity contribution in [3.8, 4) is 11.8 Å². The van der Waals surface area contributed by atoms with Gasteiger partial charge in [-0.05, 0) is 33.1 Å². The SMILES string of the molecule is CC(C)(N)C#Cc1c(F)c(F)c(N2CCCCC2)c(F)c1F. The summed E-state index contributed by atoms with van der Waals surface area (Å²) in [5.74, 6) is -1.27. The van der Waals surface area contributed by atoms with E-state index in [1.54, 1.807) is 0 Å². The molecule has 0 saturated carbocycles. The summed E-state index contributed by atoms with van der Waals surface area (Å²) in [5, 5.41) is 0. The van der Waals surface area contributed by atoms with Gasteiger partial charge in [-0.2, -0.15) is 0 Å². The normalized spacial score (nSPS) is 15.5. The third kappa shape index (κ3) is 3.36. The molecule has 2 N–H and O–H groups in total. The maximum absolute atomic E-state index is 14.2. The zero-order chi connectivity index (χ0) is 16.5. The monoisotopic (exact) mass is 314 g/mol. The number of anilines is 1. The number of nitrogens with zero attached hydrogens (tertiary/aromatic N) is 1. The fraction of sp³-hybridized carbons (Fsp3) is 0.500.